The lowest BCUT2D eigenvalue weighted by atomic mass is 9.99. The minimum absolute atomic E-state index is 0.0285. The summed E-state index contributed by atoms with van der Waals surface area (Å²) < 4.78 is 15.0. The number of para-hydroxylation sites is 2. The first-order valence-corrected chi connectivity index (χ1v) is 8.27. The fourth-order valence-electron chi connectivity index (χ4n) is 2.21. The van der Waals surface area contributed by atoms with Crippen molar-refractivity contribution in [1.82, 2.24) is 4.90 Å². The van der Waals surface area contributed by atoms with Crippen molar-refractivity contribution < 1.29 is 33.4 Å². The molecule has 0 aliphatic heterocycles. The predicted molar refractivity (Wildman–Crippen MR) is 98.5 cm³/mol. The molecule has 8 heteroatoms. The third-order valence-electron chi connectivity index (χ3n) is 3.51. The van der Waals surface area contributed by atoms with Crippen molar-refractivity contribution in [2.75, 3.05) is 20.7 Å². The summed E-state index contributed by atoms with van der Waals surface area (Å²) >= 11 is 0. The highest BCUT2D eigenvalue weighted by atomic mass is 16.7. The molecule has 145 valence electrons. The minimum Gasteiger partial charge on any atom is -0.434 e. The van der Waals surface area contributed by atoms with E-state index < -0.39 is 18.0 Å². The number of ketones is 1. The van der Waals surface area contributed by atoms with Crippen LogP contribution in [-0.2, 0) is 9.53 Å². The van der Waals surface area contributed by atoms with Crippen molar-refractivity contribution in [3.8, 4) is 11.5 Å². The molecule has 0 fully saturated rings. The molecule has 0 aliphatic carbocycles. The van der Waals surface area contributed by atoms with Gasteiger partial charge in [0.25, 0.3) is 0 Å². The molecule has 0 saturated carbocycles. The number of carbonyl (C=O) groups excluding carboxylic acids is 4. The van der Waals surface area contributed by atoms with E-state index >= 15 is 0 Å². The lowest BCUT2D eigenvalue weighted by Gasteiger charge is -2.15. The normalized spacial score (nSPS) is 9.96. The largest absolute Gasteiger partial charge is 0.513 e. The second-order valence-electron chi connectivity index (χ2n) is 5.66. The van der Waals surface area contributed by atoms with Crippen LogP contribution >= 0.6 is 0 Å². The zero-order chi connectivity index (χ0) is 20.7. The summed E-state index contributed by atoms with van der Waals surface area (Å²) in [4.78, 5) is 49.1. The number of amides is 1. The van der Waals surface area contributed by atoms with Gasteiger partial charge in [-0.2, -0.15) is 0 Å². The van der Waals surface area contributed by atoms with Gasteiger partial charge in [0.15, 0.2) is 5.75 Å². The van der Waals surface area contributed by atoms with Gasteiger partial charge in [-0.1, -0.05) is 18.2 Å². The number of nitrogens with zero attached hydrogens (tertiary/aromatic N) is 1. The molecule has 2 aromatic carbocycles. The van der Waals surface area contributed by atoms with Crippen molar-refractivity contribution >= 4 is 24.3 Å². The van der Waals surface area contributed by atoms with Gasteiger partial charge < -0.3 is 19.1 Å². The smallest absolute Gasteiger partial charge is 0.434 e. The monoisotopic (exact) mass is 384 g/mol. The summed E-state index contributed by atoms with van der Waals surface area (Å²) in [5.41, 5.74) is -0.124. The Morgan fingerprint density at radius 1 is 0.964 bits per heavy atom. The summed E-state index contributed by atoms with van der Waals surface area (Å²) in [5.74, 6) is -0.873. The molecule has 0 aromatic heterocycles. The Morgan fingerprint density at radius 2 is 1.64 bits per heavy atom. The van der Waals surface area contributed by atoms with E-state index in [2.05, 4.69) is 0 Å². The van der Waals surface area contributed by atoms with Gasteiger partial charge in [-0.15, -0.1) is 0 Å². The Hall–Kier alpha value is -3.68. The van der Waals surface area contributed by atoms with Crippen LogP contribution in [0.3, 0.4) is 0 Å². The molecule has 0 bridgehead atoms. The summed E-state index contributed by atoms with van der Waals surface area (Å²) in [6.07, 6.45) is -0.0848. The van der Waals surface area contributed by atoms with Crippen LogP contribution in [0.4, 0.5) is 9.59 Å². The Balaban J connectivity index is 2.49. The first-order valence-electron chi connectivity index (χ1n) is 8.27. The number of rotatable bonds is 6. The molecule has 28 heavy (non-hydrogen) atoms. The maximum absolute atomic E-state index is 13.1. The summed E-state index contributed by atoms with van der Waals surface area (Å²) in [6.45, 7) is 1.72. The summed E-state index contributed by atoms with van der Waals surface area (Å²) in [5, 5.41) is 0. The first-order chi connectivity index (χ1) is 13.4. The van der Waals surface area contributed by atoms with Gasteiger partial charge in [-0.05, 0) is 31.2 Å². The molecule has 1 amide bonds. The van der Waals surface area contributed by atoms with Crippen LogP contribution in [0.2, 0.25) is 0 Å². The van der Waals surface area contributed by atoms with Gasteiger partial charge in [0.05, 0.1) is 23.3 Å². The molecule has 0 spiro atoms. The Labute approximate surface area is 161 Å². The van der Waals surface area contributed by atoms with E-state index in [4.69, 9.17) is 14.2 Å². The van der Waals surface area contributed by atoms with Crippen LogP contribution in [0.1, 0.15) is 28.4 Å². The predicted octanol–water partition coefficient (Wildman–Crippen LogP) is 2.97. The van der Waals surface area contributed by atoms with Gasteiger partial charge in [0.2, 0.25) is 12.1 Å². The number of benzene rings is 2. The molecule has 8 nitrogen and oxygen atoms in total. The van der Waals surface area contributed by atoms with Crippen molar-refractivity contribution in [2.24, 2.45) is 0 Å². The lowest BCUT2D eigenvalue weighted by Crippen LogP contribution is -2.26. The molecule has 2 rings (SSSR count). The van der Waals surface area contributed by atoms with E-state index in [1.54, 1.807) is 25.3 Å². The third kappa shape index (κ3) is 4.73. The van der Waals surface area contributed by atoms with Gasteiger partial charge in [-0.25, -0.2) is 9.59 Å². The van der Waals surface area contributed by atoms with E-state index in [-0.39, 0.29) is 34.8 Å². The topological polar surface area (TPSA) is 99.2 Å². The zero-order valence-corrected chi connectivity index (χ0v) is 15.6. The van der Waals surface area contributed by atoms with Crippen molar-refractivity contribution in [3.05, 3.63) is 59.2 Å². The molecular weight excluding hydrogens is 366 g/mol. The van der Waals surface area contributed by atoms with Crippen molar-refractivity contribution in [3.63, 3.8) is 0 Å². The lowest BCUT2D eigenvalue weighted by molar-refractivity contribution is 0.1000. The maximum atomic E-state index is 13.1. The standard InChI is InChI=1S/C20H18NO7/c1-4-26-20(25)27-16-11-6-5-9-14(16)17(23)15-10-7-8-13(12-22)18(15)28-19(24)21(2)3/h5-11H,4H2,1-3H3. The average molecular weight is 384 g/mol. The Kier molecular flexibility index (Phi) is 6.86. The first kappa shape index (κ1) is 20.6. The van der Waals surface area contributed by atoms with E-state index in [0.717, 1.165) is 4.90 Å². The van der Waals surface area contributed by atoms with Crippen LogP contribution in [0.25, 0.3) is 0 Å². The van der Waals surface area contributed by atoms with E-state index in [1.165, 1.54) is 44.4 Å². The molecular formula is C20H18NO7. The third-order valence-corrected chi connectivity index (χ3v) is 3.51. The van der Waals surface area contributed by atoms with E-state index in [0.29, 0.717) is 0 Å². The fourth-order valence-corrected chi connectivity index (χ4v) is 2.21. The summed E-state index contributed by atoms with van der Waals surface area (Å²) in [6, 6.07) is 10.2. The van der Waals surface area contributed by atoms with E-state index in [1.807, 2.05) is 0 Å². The Morgan fingerprint density at radius 3 is 2.29 bits per heavy atom. The molecule has 0 aliphatic rings. The highest BCUT2D eigenvalue weighted by Crippen LogP contribution is 2.29. The number of ether oxygens (including phenoxy) is 3. The minimum atomic E-state index is -0.961. The van der Waals surface area contributed by atoms with Gasteiger partial charge >= 0.3 is 12.2 Å². The van der Waals surface area contributed by atoms with Crippen molar-refractivity contribution in [2.45, 2.75) is 6.92 Å². The highest BCUT2D eigenvalue weighted by Gasteiger charge is 2.24. The highest BCUT2D eigenvalue weighted by molar-refractivity contribution is 6.13. The number of hydrogen-bond acceptors (Lipinski definition) is 7. The fraction of sp³-hybridized carbons (Fsp3) is 0.200. The van der Waals surface area contributed by atoms with Crippen LogP contribution < -0.4 is 9.47 Å². The van der Waals surface area contributed by atoms with Crippen LogP contribution in [-0.4, -0.2) is 49.9 Å². The number of carbonyl (C=O) groups is 3. The van der Waals surface area contributed by atoms with Crippen LogP contribution in [0.5, 0.6) is 11.5 Å². The molecule has 0 heterocycles. The van der Waals surface area contributed by atoms with Crippen LogP contribution in [0.15, 0.2) is 42.5 Å². The second-order valence-corrected chi connectivity index (χ2v) is 5.66. The summed E-state index contributed by atoms with van der Waals surface area (Å²) in [7, 11) is 2.92. The molecule has 0 N–H and O–H groups in total. The van der Waals surface area contributed by atoms with Gasteiger partial charge in [-0.3, -0.25) is 9.59 Å². The van der Waals surface area contributed by atoms with E-state index in [9.17, 15) is 19.2 Å². The zero-order valence-electron chi connectivity index (χ0n) is 15.6. The SMILES string of the molecule is CCOC(=O)Oc1ccccc1C(=O)c1cccc([C]=O)c1OC(=O)N(C)C. The van der Waals surface area contributed by atoms with Gasteiger partial charge in [0, 0.05) is 14.1 Å². The quantitative estimate of drug-likeness (QED) is 0.429. The second kappa shape index (κ2) is 9.31. The molecule has 0 atom stereocenters. The molecule has 1 radical (unpaired) electrons. The molecule has 0 saturated heterocycles. The maximum Gasteiger partial charge on any atom is 0.513 e. The van der Waals surface area contributed by atoms with Crippen LogP contribution in [0, 0.1) is 0 Å². The molecule has 0 unspecified atom stereocenters. The van der Waals surface area contributed by atoms with Crippen molar-refractivity contribution in [1.29, 1.82) is 0 Å². The van der Waals surface area contributed by atoms with Gasteiger partial charge in [0.1, 0.15) is 5.75 Å². The average Bonchev–Trinajstić information content (AvgIpc) is 2.68. The number of hydrogen-bond donors (Lipinski definition) is 0. The Bertz CT molecular complexity index is 905. The molecule has 2 aromatic rings.